The molecule has 7 nitrogen and oxygen atoms in total. The zero-order valence-electron chi connectivity index (χ0n) is 13.2. The zero-order valence-corrected chi connectivity index (χ0v) is 15.5. The lowest BCUT2D eigenvalue weighted by molar-refractivity contribution is 0.195. The largest absolute Gasteiger partial charge is 0.385 e. The van der Waals surface area contributed by atoms with E-state index in [2.05, 4.69) is 25.8 Å². The van der Waals surface area contributed by atoms with Crippen LogP contribution in [0.15, 0.2) is 9.52 Å². The summed E-state index contributed by atoms with van der Waals surface area (Å²) in [5.41, 5.74) is 0. The van der Waals surface area contributed by atoms with Crippen molar-refractivity contribution in [2.45, 2.75) is 32.6 Å². The van der Waals surface area contributed by atoms with E-state index in [1.165, 1.54) is 0 Å². The molecule has 0 atom stereocenters. The predicted molar refractivity (Wildman–Crippen MR) is 93.4 cm³/mol. The van der Waals surface area contributed by atoms with Crippen LogP contribution in [0, 0.1) is 0 Å². The Hall–Kier alpha value is -0.900. The summed E-state index contributed by atoms with van der Waals surface area (Å²) >= 11 is 0. The van der Waals surface area contributed by atoms with Crippen molar-refractivity contribution >= 4 is 29.9 Å². The van der Waals surface area contributed by atoms with Crippen LogP contribution >= 0.6 is 24.0 Å². The second kappa shape index (κ2) is 11.7. The van der Waals surface area contributed by atoms with Crippen LogP contribution < -0.4 is 10.6 Å². The highest BCUT2D eigenvalue weighted by Gasteiger charge is 2.09. The Kier molecular flexibility index (Phi) is 11.2. The van der Waals surface area contributed by atoms with Gasteiger partial charge in [-0.1, -0.05) is 19.0 Å². The number of nitrogens with one attached hydrogen (secondary N) is 2. The van der Waals surface area contributed by atoms with E-state index >= 15 is 0 Å². The number of aromatic nitrogens is 2. The number of halogens is 1. The highest BCUT2D eigenvalue weighted by molar-refractivity contribution is 14.0. The Balaban J connectivity index is 0.00000400. The maximum absolute atomic E-state index is 5.18. The maximum atomic E-state index is 5.18. The van der Waals surface area contributed by atoms with Crippen molar-refractivity contribution in [1.29, 1.82) is 0 Å². The summed E-state index contributed by atoms with van der Waals surface area (Å²) in [6.07, 6.45) is 1.62. The number of nitrogens with zero attached hydrogens (tertiary/aromatic N) is 3. The Morgan fingerprint density at radius 2 is 2.05 bits per heavy atom. The lowest BCUT2D eigenvalue weighted by atomic mass is 10.2. The molecule has 0 amide bonds. The topological polar surface area (TPSA) is 84.6 Å². The molecule has 0 aliphatic heterocycles. The van der Waals surface area contributed by atoms with E-state index in [9.17, 15) is 0 Å². The fourth-order valence-corrected chi connectivity index (χ4v) is 1.54. The molecule has 2 N–H and O–H groups in total. The van der Waals surface area contributed by atoms with Gasteiger partial charge in [0.25, 0.3) is 0 Å². The van der Waals surface area contributed by atoms with Gasteiger partial charge < -0.3 is 19.9 Å². The van der Waals surface area contributed by atoms with Crippen LogP contribution in [0.5, 0.6) is 0 Å². The quantitative estimate of drug-likeness (QED) is 0.292. The smallest absolute Gasteiger partial charge is 0.228 e. The molecule has 8 heteroatoms. The molecule has 0 saturated heterocycles. The third-order valence-corrected chi connectivity index (χ3v) is 2.67. The number of hydrogen-bond acceptors (Lipinski definition) is 5. The average Bonchev–Trinajstić information content (AvgIpc) is 2.90. The molecule has 0 spiro atoms. The number of methoxy groups -OCH3 is 1. The van der Waals surface area contributed by atoms with Crippen LogP contribution in [0.3, 0.4) is 0 Å². The van der Waals surface area contributed by atoms with Gasteiger partial charge in [-0.2, -0.15) is 4.98 Å². The van der Waals surface area contributed by atoms with E-state index in [-0.39, 0.29) is 29.9 Å². The summed E-state index contributed by atoms with van der Waals surface area (Å²) in [6.45, 7) is 6.34. The number of ether oxygens (including phenoxy) is 1. The van der Waals surface area contributed by atoms with Crippen LogP contribution in [0.25, 0.3) is 0 Å². The highest BCUT2D eigenvalue weighted by Crippen LogP contribution is 2.09. The second-order valence-corrected chi connectivity index (χ2v) is 4.72. The van der Waals surface area contributed by atoms with Crippen LogP contribution in [-0.2, 0) is 11.2 Å². The van der Waals surface area contributed by atoms with Gasteiger partial charge >= 0.3 is 0 Å². The molecule has 0 aliphatic carbocycles. The van der Waals surface area contributed by atoms with Gasteiger partial charge in [0.15, 0.2) is 11.8 Å². The lowest BCUT2D eigenvalue weighted by Gasteiger charge is -2.10. The minimum Gasteiger partial charge on any atom is -0.385 e. The Morgan fingerprint density at radius 3 is 2.62 bits per heavy atom. The second-order valence-electron chi connectivity index (χ2n) is 4.72. The molecule has 0 saturated carbocycles. The molecular weight excluding hydrogens is 385 g/mol. The molecule has 0 aliphatic rings. The number of aliphatic imine (C=N–C) groups is 1. The minimum atomic E-state index is 0. The molecule has 1 rings (SSSR count). The van der Waals surface area contributed by atoms with Gasteiger partial charge in [-0.05, 0) is 6.42 Å². The van der Waals surface area contributed by atoms with Crippen molar-refractivity contribution in [2.24, 2.45) is 4.99 Å². The molecule has 1 aromatic rings. The van der Waals surface area contributed by atoms with Gasteiger partial charge in [0.05, 0.1) is 0 Å². The summed E-state index contributed by atoms with van der Waals surface area (Å²) in [6, 6.07) is 0. The first-order chi connectivity index (χ1) is 9.67. The molecule has 0 radical (unpaired) electrons. The van der Waals surface area contributed by atoms with E-state index in [4.69, 9.17) is 9.26 Å². The highest BCUT2D eigenvalue weighted by atomic mass is 127. The minimum absolute atomic E-state index is 0. The summed E-state index contributed by atoms with van der Waals surface area (Å²) in [7, 11) is 3.44. The first kappa shape index (κ1) is 20.1. The number of hydrogen-bond donors (Lipinski definition) is 2. The van der Waals surface area contributed by atoms with Crippen molar-refractivity contribution in [3.05, 3.63) is 11.7 Å². The fourth-order valence-electron chi connectivity index (χ4n) is 1.54. The van der Waals surface area contributed by atoms with Crippen molar-refractivity contribution in [3.63, 3.8) is 0 Å². The molecule has 1 heterocycles. The molecule has 0 bridgehead atoms. The summed E-state index contributed by atoms with van der Waals surface area (Å²) in [5.74, 6) is 2.46. The predicted octanol–water partition coefficient (Wildman–Crippen LogP) is 1.55. The zero-order chi connectivity index (χ0) is 14.8. The van der Waals surface area contributed by atoms with Crippen LogP contribution in [-0.4, -0.2) is 50.0 Å². The third kappa shape index (κ3) is 8.20. The Labute approximate surface area is 143 Å². The molecule has 0 aromatic carbocycles. The van der Waals surface area contributed by atoms with E-state index in [1.54, 1.807) is 14.2 Å². The van der Waals surface area contributed by atoms with Crippen molar-refractivity contribution in [2.75, 3.05) is 33.9 Å². The normalized spacial score (nSPS) is 11.4. The lowest BCUT2D eigenvalue weighted by Crippen LogP contribution is -2.39. The van der Waals surface area contributed by atoms with Crippen LogP contribution in [0.2, 0.25) is 0 Å². The van der Waals surface area contributed by atoms with Gasteiger partial charge in [0, 0.05) is 46.2 Å². The van der Waals surface area contributed by atoms with Gasteiger partial charge in [-0.25, -0.2) is 0 Å². The van der Waals surface area contributed by atoms with E-state index in [1.807, 2.05) is 13.8 Å². The molecule has 0 fully saturated rings. The van der Waals surface area contributed by atoms with E-state index in [0.29, 0.717) is 18.9 Å². The third-order valence-electron chi connectivity index (χ3n) is 2.67. The monoisotopic (exact) mass is 411 g/mol. The fraction of sp³-hybridized carbons (Fsp3) is 0.769. The summed E-state index contributed by atoms with van der Waals surface area (Å²) < 4.78 is 10.2. The van der Waals surface area contributed by atoms with Crippen molar-refractivity contribution < 1.29 is 9.26 Å². The van der Waals surface area contributed by atoms with Gasteiger partial charge in [-0.3, -0.25) is 4.99 Å². The number of guanidine groups is 1. The molecular formula is C13H26IN5O2. The van der Waals surface area contributed by atoms with E-state index < -0.39 is 0 Å². The molecule has 122 valence electrons. The Morgan fingerprint density at radius 1 is 1.33 bits per heavy atom. The summed E-state index contributed by atoms with van der Waals surface area (Å²) in [4.78, 5) is 8.46. The maximum Gasteiger partial charge on any atom is 0.228 e. The first-order valence-corrected chi connectivity index (χ1v) is 6.93. The van der Waals surface area contributed by atoms with Gasteiger partial charge in [0.2, 0.25) is 5.89 Å². The SMILES string of the molecule is CN=C(NCCCOC)NCCc1nc(C(C)C)no1.I. The van der Waals surface area contributed by atoms with Crippen molar-refractivity contribution in [1.82, 2.24) is 20.8 Å². The molecule has 21 heavy (non-hydrogen) atoms. The van der Waals surface area contributed by atoms with Crippen LogP contribution in [0.1, 0.15) is 37.9 Å². The van der Waals surface area contributed by atoms with Crippen LogP contribution in [0.4, 0.5) is 0 Å². The molecule has 0 unspecified atom stereocenters. The number of rotatable bonds is 8. The van der Waals surface area contributed by atoms with Gasteiger partial charge in [0.1, 0.15) is 0 Å². The molecule has 1 aromatic heterocycles. The Bertz CT molecular complexity index is 409. The first-order valence-electron chi connectivity index (χ1n) is 6.93. The van der Waals surface area contributed by atoms with Crippen molar-refractivity contribution in [3.8, 4) is 0 Å². The summed E-state index contributed by atoms with van der Waals surface area (Å²) in [5, 5.41) is 10.3. The van der Waals surface area contributed by atoms with E-state index in [0.717, 1.165) is 31.4 Å². The standard InChI is InChI=1S/C13H25N5O2.HI/c1-10(2)12-17-11(20-18-12)6-8-16-13(14-3)15-7-5-9-19-4;/h10H,5-9H2,1-4H3,(H2,14,15,16);1H. The van der Waals surface area contributed by atoms with Gasteiger partial charge in [-0.15, -0.1) is 24.0 Å². The average molecular weight is 411 g/mol.